The molecule has 0 rings (SSSR count). The second-order valence-electron chi connectivity index (χ2n) is 1.97. The molecule has 0 aromatic rings. The van der Waals surface area contributed by atoms with Crippen LogP contribution in [-0.2, 0) is 0 Å². The first-order valence-corrected chi connectivity index (χ1v) is 3.52. The van der Waals surface area contributed by atoms with Gasteiger partial charge in [-0.3, -0.25) is 15.0 Å². The molecule has 0 aromatic carbocycles. The quantitative estimate of drug-likeness (QED) is 0.448. The molecule has 0 aliphatic carbocycles. The van der Waals surface area contributed by atoms with Crippen LogP contribution in [0.1, 0.15) is 6.92 Å². The SMILES string of the molecule is C=N/C(C=NC)=C(\C=C/C)N=C. The molecule has 0 amide bonds. The summed E-state index contributed by atoms with van der Waals surface area (Å²) in [5.74, 6) is 0. The highest BCUT2D eigenvalue weighted by molar-refractivity contribution is 5.81. The lowest BCUT2D eigenvalue weighted by Gasteiger charge is -1.95. The highest BCUT2D eigenvalue weighted by Crippen LogP contribution is 2.06. The maximum absolute atomic E-state index is 3.82. The van der Waals surface area contributed by atoms with Crippen molar-refractivity contribution in [3.8, 4) is 0 Å². The van der Waals surface area contributed by atoms with Crippen molar-refractivity contribution in [2.75, 3.05) is 7.05 Å². The molecule has 0 heterocycles. The Morgan fingerprint density at radius 1 is 1.17 bits per heavy atom. The first-order chi connectivity index (χ1) is 5.79. The summed E-state index contributed by atoms with van der Waals surface area (Å²) < 4.78 is 0. The molecule has 0 fully saturated rings. The molecule has 0 N–H and O–H groups in total. The highest BCUT2D eigenvalue weighted by atomic mass is 14.8. The van der Waals surface area contributed by atoms with Gasteiger partial charge in [0.2, 0.25) is 0 Å². The Morgan fingerprint density at radius 2 is 1.75 bits per heavy atom. The summed E-state index contributed by atoms with van der Waals surface area (Å²) >= 11 is 0. The van der Waals surface area contributed by atoms with Gasteiger partial charge in [-0.2, -0.15) is 0 Å². The third-order valence-corrected chi connectivity index (χ3v) is 1.18. The molecule has 0 saturated carbocycles. The monoisotopic (exact) mass is 163 g/mol. The molecule has 3 heteroatoms. The summed E-state index contributed by atoms with van der Waals surface area (Å²) in [5, 5.41) is 0. The fourth-order valence-corrected chi connectivity index (χ4v) is 0.687. The summed E-state index contributed by atoms with van der Waals surface area (Å²) in [4.78, 5) is 11.4. The minimum atomic E-state index is 0.630. The van der Waals surface area contributed by atoms with Crippen LogP contribution in [0.5, 0.6) is 0 Å². The topological polar surface area (TPSA) is 37.1 Å². The molecule has 64 valence electrons. The van der Waals surface area contributed by atoms with Crippen LogP contribution in [0.25, 0.3) is 0 Å². The van der Waals surface area contributed by atoms with Crippen molar-refractivity contribution in [3.63, 3.8) is 0 Å². The van der Waals surface area contributed by atoms with Gasteiger partial charge in [0.05, 0.1) is 5.70 Å². The lowest BCUT2D eigenvalue weighted by molar-refractivity contribution is 1.31. The van der Waals surface area contributed by atoms with Gasteiger partial charge in [-0.05, 0) is 26.4 Å². The lowest BCUT2D eigenvalue weighted by atomic mass is 10.3. The van der Waals surface area contributed by atoms with Gasteiger partial charge < -0.3 is 0 Å². The summed E-state index contributed by atoms with van der Waals surface area (Å²) in [6.07, 6.45) is 5.26. The molecule has 0 spiro atoms. The summed E-state index contributed by atoms with van der Waals surface area (Å²) in [7, 11) is 1.67. The van der Waals surface area contributed by atoms with Gasteiger partial charge in [0.1, 0.15) is 5.70 Å². The molecule has 3 nitrogen and oxygen atoms in total. The molecule has 0 aliphatic heterocycles. The zero-order chi connectivity index (χ0) is 9.40. The van der Waals surface area contributed by atoms with Crippen LogP contribution in [0, 0.1) is 0 Å². The van der Waals surface area contributed by atoms with E-state index in [0.717, 1.165) is 0 Å². The number of nitrogens with zero attached hydrogens (tertiary/aromatic N) is 3. The first kappa shape index (κ1) is 10.5. The number of hydrogen-bond donors (Lipinski definition) is 0. The number of allylic oxidation sites excluding steroid dienone is 3. The summed E-state index contributed by atoms with van der Waals surface area (Å²) in [5.41, 5.74) is 1.31. The standard InChI is InChI=1S/C9H13N3/c1-5-6-8(11-3)9(12-4)7-10-2/h5-7H,3-4H2,1-2H3/b6-5-,9-8+,10-7?. The van der Waals surface area contributed by atoms with E-state index in [1.807, 2.05) is 13.0 Å². The van der Waals surface area contributed by atoms with E-state index in [1.54, 1.807) is 19.3 Å². The fraction of sp³-hybridized carbons (Fsp3) is 0.222. The van der Waals surface area contributed by atoms with E-state index >= 15 is 0 Å². The molecule has 0 radical (unpaired) electrons. The number of rotatable bonds is 4. The van der Waals surface area contributed by atoms with Gasteiger partial charge in [0.15, 0.2) is 0 Å². The van der Waals surface area contributed by atoms with Crippen molar-refractivity contribution in [1.82, 2.24) is 0 Å². The zero-order valence-electron chi connectivity index (χ0n) is 7.49. The molecule has 12 heavy (non-hydrogen) atoms. The van der Waals surface area contributed by atoms with E-state index < -0.39 is 0 Å². The Morgan fingerprint density at radius 3 is 2.08 bits per heavy atom. The summed E-state index contributed by atoms with van der Waals surface area (Å²) in [6.45, 7) is 8.73. The number of hydrogen-bond acceptors (Lipinski definition) is 3. The Labute approximate surface area is 73.0 Å². The Kier molecular flexibility index (Phi) is 5.43. The van der Waals surface area contributed by atoms with Crippen LogP contribution in [-0.4, -0.2) is 26.7 Å². The van der Waals surface area contributed by atoms with Crippen LogP contribution in [0.4, 0.5) is 0 Å². The normalized spacial score (nSPS) is 13.5. The Hall–Kier alpha value is -1.51. The average molecular weight is 163 g/mol. The minimum Gasteiger partial charge on any atom is -0.294 e. The largest absolute Gasteiger partial charge is 0.294 e. The molecule has 0 unspecified atom stereocenters. The second-order valence-corrected chi connectivity index (χ2v) is 1.97. The second kappa shape index (κ2) is 6.22. The van der Waals surface area contributed by atoms with E-state index in [1.165, 1.54) is 0 Å². The van der Waals surface area contributed by atoms with Gasteiger partial charge in [-0.25, -0.2) is 0 Å². The third-order valence-electron chi connectivity index (χ3n) is 1.18. The molecule has 0 aliphatic rings. The maximum Gasteiger partial charge on any atom is 0.106 e. The highest BCUT2D eigenvalue weighted by Gasteiger charge is 1.94. The molecule has 0 atom stereocenters. The fourth-order valence-electron chi connectivity index (χ4n) is 0.687. The molecule has 0 aromatic heterocycles. The van der Waals surface area contributed by atoms with E-state index in [0.29, 0.717) is 11.4 Å². The van der Waals surface area contributed by atoms with Crippen LogP contribution < -0.4 is 0 Å². The van der Waals surface area contributed by atoms with E-state index in [2.05, 4.69) is 28.4 Å². The Balaban J connectivity index is 4.98. The van der Waals surface area contributed by atoms with Crippen LogP contribution in [0.15, 0.2) is 38.5 Å². The van der Waals surface area contributed by atoms with Gasteiger partial charge >= 0.3 is 0 Å². The predicted octanol–water partition coefficient (Wildman–Crippen LogP) is 1.88. The van der Waals surface area contributed by atoms with Crippen LogP contribution >= 0.6 is 0 Å². The van der Waals surface area contributed by atoms with E-state index in [-0.39, 0.29) is 0 Å². The Bertz CT molecular complexity index is 220. The minimum absolute atomic E-state index is 0.630. The van der Waals surface area contributed by atoms with E-state index in [9.17, 15) is 0 Å². The van der Waals surface area contributed by atoms with Crippen molar-refractivity contribution >= 4 is 19.6 Å². The van der Waals surface area contributed by atoms with Crippen LogP contribution in [0.2, 0.25) is 0 Å². The van der Waals surface area contributed by atoms with Gasteiger partial charge in [0.25, 0.3) is 0 Å². The molecular weight excluding hydrogens is 150 g/mol. The lowest BCUT2D eigenvalue weighted by Crippen LogP contribution is -1.85. The average Bonchev–Trinajstić information content (AvgIpc) is 2.11. The van der Waals surface area contributed by atoms with Crippen molar-refractivity contribution < 1.29 is 0 Å². The van der Waals surface area contributed by atoms with Gasteiger partial charge in [-0.15, -0.1) is 0 Å². The van der Waals surface area contributed by atoms with Crippen molar-refractivity contribution in [3.05, 3.63) is 23.5 Å². The van der Waals surface area contributed by atoms with Crippen LogP contribution in [0.3, 0.4) is 0 Å². The van der Waals surface area contributed by atoms with E-state index in [4.69, 9.17) is 0 Å². The third kappa shape index (κ3) is 3.05. The molecular formula is C9H13N3. The predicted molar refractivity (Wildman–Crippen MR) is 55.4 cm³/mol. The zero-order valence-corrected chi connectivity index (χ0v) is 7.49. The van der Waals surface area contributed by atoms with Gasteiger partial charge in [0, 0.05) is 13.3 Å². The van der Waals surface area contributed by atoms with Crippen molar-refractivity contribution in [1.29, 1.82) is 0 Å². The number of aliphatic imine (C=N–C) groups is 3. The first-order valence-electron chi connectivity index (χ1n) is 3.52. The maximum atomic E-state index is 3.82. The van der Waals surface area contributed by atoms with Crippen molar-refractivity contribution in [2.45, 2.75) is 6.92 Å². The molecule has 0 saturated heterocycles. The molecule has 0 bridgehead atoms. The van der Waals surface area contributed by atoms with Crippen molar-refractivity contribution in [2.24, 2.45) is 15.0 Å². The smallest absolute Gasteiger partial charge is 0.106 e. The van der Waals surface area contributed by atoms with Gasteiger partial charge in [-0.1, -0.05) is 6.08 Å². The summed E-state index contributed by atoms with van der Waals surface area (Å²) in [6, 6.07) is 0.